The zero-order valence-corrected chi connectivity index (χ0v) is 20.0. The summed E-state index contributed by atoms with van der Waals surface area (Å²) in [5.74, 6) is 0.496. The maximum Gasteiger partial charge on any atom is 0.337 e. The van der Waals surface area contributed by atoms with E-state index in [1.807, 2.05) is 18.2 Å². The predicted octanol–water partition coefficient (Wildman–Crippen LogP) is 7.70. The molecule has 3 rings (SSSR count). The highest BCUT2D eigenvalue weighted by molar-refractivity contribution is 7.98. The first-order valence-corrected chi connectivity index (χ1v) is 12.6. The summed E-state index contributed by atoms with van der Waals surface area (Å²) >= 11 is 1.70. The van der Waals surface area contributed by atoms with Crippen LogP contribution in [0.3, 0.4) is 0 Å². The quantitative estimate of drug-likeness (QED) is 0.174. The molecule has 0 saturated carbocycles. The van der Waals surface area contributed by atoms with Crippen molar-refractivity contribution in [1.29, 1.82) is 0 Å². The fourth-order valence-corrected chi connectivity index (χ4v) is 4.79. The zero-order chi connectivity index (χ0) is 22.8. The van der Waals surface area contributed by atoms with E-state index in [1.165, 1.54) is 50.2 Å². The van der Waals surface area contributed by atoms with Crippen LogP contribution in [0, 0.1) is 0 Å². The van der Waals surface area contributed by atoms with E-state index >= 15 is 0 Å². The fourth-order valence-electron chi connectivity index (χ4n) is 3.89. The SMILES string of the molecule is CCCCCCCCC(O)c1ccc2ccc(CSc3cccc(C(=O)OC)c3)cc2c1. The van der Waals surface area contributed by atoms with Gasteiger partial charge in [-0.15, -0.1) is 11.8 Å². The molecule has 3 aromatic carbocycles. The van der Waals surface area contributed by atoms with Gasteiger partial charge in [0.1, 0.15) is 0 Å². The Hall–Kier alpha value is -2.30. The molecule has 1 N–H and O–H groups in total. The van der Waals surface area contributed by atoms with Crippen molar-refractivity contribution in [1.82, 2.24) is 0 Å². The number of aliphatic hydroxyl groups is 1. The second kappa shape index (κ2) is 12.7. The molecule has 0 aliphatic rings. The lowest BCUT2D eigenvalue weighted by atomic mass is 9.98. The van der Waals surface area contributed by atoms with E-state index in [4.69, 9.17) is 4.74 Å². The summed E-state index contributed by atoms with van der Waals surface area (Å²) < 4.78 is 4.81. The highest BCUT2D eigenvalue weighted by Gasteiger charge is 2.09. The van der Waals surface area contributed by atoms with E-state index in [1.54, 1.807) is 17.8 Å². The van der Waals surface area contributed by atoms with Crippen molar-refractivity contribution < 1.29 is 14.6 Å². The minimum Gasteiger partial charge on any atom is -0.465 e. The number of methoxy groups -OCH3 is 1. The maximum absolute atomic E-state index is 11.7. The maximum atomic E-state index is 11.7. The molecule has 0 aliphatic heterocycles. The first-order chi connectivity index (χ1) is 15.6. The summed E-state index contributed by atoms with van der Waals surface area (Å²) in [5, 5.41) is 13.0. The topological polar surface area (TPSA) is 46.5 Å². The minimum atomic E-state index is -0.398. The Balaban J connectivity index is 1.60. The Morgan fingerprint density at radius 2 is 1.72 bits per heavy atom. The lowest BCUT2D eigenvalue weighted by Gasteiger charge is -2.12. The normalized spacial score (nSPS) is 12.1. The third-order valence-electron chi connectivity index (χ3n) is 5.81. The van der Waals surface area contributed by atoms with Gasteiger partial charge in [0.05, 0.1) is 18.8 Å². The Labute approximate surface area is 196 Å². The van der Waals surface area contributed by atoms with E-state index in [0.717, 1.165) is 34.4 Å². The predicted molar refractivity (Wildman–Crippen MR) is 134 cm³/mol. The third kappa shape index (κ3) is 7.11. The number of hydrogen-bond donors (Lipinski definition) is 1. The van der Waals surface area contributed by atoms with Crippen LogP contribution in [0.15, 0.2) is 65.6 Å². The standard InChI is InChI=1S/C28H34O3S/c1-3-4-5-6-7-8-12-27(29)23-16-15-22-14-13-21(17-25(22)18-23)20-32-26-11-9-10-24(19-26)28(30)31-2/h9-11,13-19,27,29H,3-8,12,20H2,1-2H3. The van der Waals surface area contributed by atoms with Crippen LogP contribution < -0.4 is 0 Å². The molecule has 170 valence electrons. The molecule has 0 amide bonds. The van der Waals surface area contributed by atoms with Crippen molar-refractivity contribution in [3.63, 3.8) is 0 Å². The van der Waals surface area contributed by atoms with Crippen molar-refractivity contribution in [3.05, 3.63) is 77.4 Å². The van der Waals surface area contributed by atoms with E-state index in [0.29, 0.717) is 5.56 Å². The molecule has 0 saturated heterocycles. The van der Waals surface area contributed by atoms with Crippen LogP contribution in [-0.4, -0.2) is 18.2 Å². The molecule has 3 nitrogen and oxygen atoms in total. The lowest BCUT2D eigenvalue weighted by molar-refractivity contribution is 0.0600. The van der Waals surface area contributed by atoms with Crippen LogP contribution in [0.5, 0.6) is 0 Å². The number of hydrogen-bond acceptors (Lipinski definition) is 4. The summed E-state index contributed by atoms with van der Waals surface area (Å²) in [7, 11) is 1.40. The van der Waals surface area contributed by atoms with Gasteiger partial charge >= 0.3 is 5.97 Å². The molecule has 1 unspecified atom stereocenters. The Morgan fingerprint density at radius 1 is 0.938 bits per heavy atom. The van der Waals surface area contributed by atoms with E-state index in [-0.39, 0.29) is 5.97 Å². The molecule has 32 heavy (non-hydrogen) atoms. The highest BCUT2D eigenvalue weighted by atomic mass is 32.2. The van der Waals surface area contributed by atoms with Crippen LogP contribution in [0.4, 0.5) is 0 Å². The number of rotatable bonds is 12. The molecule has 3 aromatic rings. The lowest BCUT2D eigenvalue weighted by Crippen LogP contribution is -2.00. The van der Waals surface area contributed by atoms with Crippen LogP contribution in [-0.2, 0) is 10.5 Å². The zero-order valence-electron chi connectivity index (χ0n) is 19.2. The summed E-state index contributed by atoms with van der Waals surface area (Å²) in [5.41, 5.74) is 2.79. The molecule has 0 spiro atoms. The van der Waals surface area contributed by atoms with Gasteiger partial charge in [-0.05, 0) is 52.6 Å². The monoisotopic (exact) mass is 450 g/mol. The van der Waals surface area contributed by atoms with Crippen LogP contribution in [0.1, 0.15) is 79.5 Å². The Morgan fingerprint density at radius 3 is 2.53 bits per heavy atom. The molecule has 0 aliphatic carbocycles. The van der Waals surface area contributed by atoms with E-state index in [2.05, 4.69) is 43.3 Å². The first-order valence-electron chi connectivity index (χ1n) is 11.6. The van der Waals surface area contributed by atoms with Gasteiger partial charge in [0.25, 0.3) is 0 Å². The van der Waals surface area contributed by atoms with Gasteiger partial charge in [0.2, 0.25) is 0 Å². The van der Waals surface area contributed by atoms with E-state index < -0.39 is 6.10 Å². The summed E-state index contributed by atoms with van der Waals surface area (Å²) in [6.45, 7) is 2.23. The third-order valence-corrected chi connectivity index (χ3v) is 6.87. The summed E-state index contributed by atoms with van der Waals surface area (Å²) in [4.78, 5) is 12.8. The molecular formula is C28H34O3S. The second-order valence-electron chi connectivity index (χ2n) is 8.32. The van der Waals surface area contributed by atoms with Crippen LogP contribution >= 0.6 is 11.8 Å². The average molecular weight is 451 g/mol. The van der Waals surface area contributed by atoms with Crippen LogP contribution in [0.2, 0.25) is 0 Å². The van der Waals surface area contributed by atoms with Crippen molar-refractivity contribution in [2.24, 2.45) is 0 Å². The van der Waals surface area contributed by atoms with Gasteiger partial charge in [-0.1, -0.05) is 81.8 Å². The number of aliphatic hydroxyl groups excluding tert-OH is 1. The average Bonchev–Trinajstić information content (AvgIpc) is 2.83. The number of carbonyl (C=O) groups is 1. The van der Waals surface area contributed by atoms with Gasteiger partial charge in [-0.2, -0.15) is 0 Å². The molecular weight excluding hydrogens is 416 g/mol. The molecule has 1 atom stereocenters. The molecule has 0 radical (unpaired) electrons. The molecule has 0 aromatic heterocycles. The molecule has 0 bridgehead atoms. The molecule has 0 heterocycles. The fraction of sp³-hybridized carbons (Fsp3) is 0.393. The number of thioether (sulfide) groups is 1. The van der Waals surface area contributed by atoms with Gasteiger partial charge in [0.15, 0.2) is 0 Å². The Kier molecular flexibility index (Phi) is 9.63. The van der Waals surface area contributed by atoms with Crippen LogP contribution in [0.25, 0.3) is 10.8 Å². The molecule has 4 heteroatoms. The van der Waals surface area contributed by atoms with Gasteiger partial charge in [-0.25, -0.2) is 4.79 Å². The highest BCUT2D eigenvalue weighted by Crippen LogP contribution is 2.28. The molecule has 0 fully saturated rings. The van der Waals surface area contributed by atoms with E-state index in [9.17, 15) is 9.90 Å². The van der Waals surface area contributed by atoms with Gasteiger partial charge < -0.3 is 9.84 Å². The first kappa shape index (κ1) is 24.3. The minimum absolute atomic E-state index is 0.315. The summed E-state index contributed by atoms with van der Waals surface area (Å²) in [6.07, 6.45) is 7.84. The van der Waals surface area contributed by atoms with Gasteiger partial charge in [0, 0.05) is 10.6 Å². The number of unbranched alkanes of at least 4 members (excludes halogenated alkanes) is 5. The van der Waals surface area contributed by atoms with Crippen molar-refractivity contribution in [3.8, 4) is 0 Å². The van der Waals surface area contributed by atoms with Crippen molar-refractivity contribution >= 4 is 28.5 Å². The number of esters is 1. The number of fused-ring (bicyclic) bond motifs is 1. The number of carbonyl (C=O) groups excluding carboxylic acids is 1. The smallest absolute Gasteiger partial charge is 0.337 e. The summed E-state index contributed by atoms with van der Waals surface area (Å²) in [6, 6.07) is 20.3. The number of ether oxygens (including phenoxy) is 1. The van der Waals surface area contributed by atoms with Crippen molar-refractivity contribution in [2.75, 3.05) is 7.11 Å². The van der Waals surface area contributed by atoms with Crippen molar-refractivity contribution in [2.45, 2.75) is 68.6 Å². The van der Waals surface area contributed by atoms with Gasteiger partial charge in [-0.3, -0.25) is 0 Å². The Bertz CT molecular complexity index is 1010. The largest absolute Gasteiger partial charge is 0.465 e. The number of benzene rings is 3. The second-order valence-corrected chi connectivity index (χ2v) is 9.37.